The van der Waals surface area contributed by atoms with Crippen LogP contribution in [0.15, 0.2) is 0 Å². The molecule has 5 heteroatoms. The highest BCUT2D eigenvalue weighted by molar-refractivity contribution is 5.93. The van der Waals surface area contributed by atoms with E-state index in [0.29, 0.717) is 26.0 Å². The SMILES string of the molecule is CCC1(C)NC(=O)CCN(C2CCOC2C)C1=O. The second kappa shape index (κ2) is 4.88. The van der Waals surface area contributed by atoms with Gasteiger partial charge in [-0.25, -0.2) is 0 Å². The van der Waals surface area contributed by atoms with Gasteiger partial charge in [-0.2, -0.15) is 0 Å². The summed E-state index contributed by atoms with van der Waals surface area (Å²) in [6.07, 6.45) is 1.91. The van der Waals surface area contributed by atoms with E-state index in [0.717, 1.165) is 6.42 Å². The molecule has 102 valence electrons. The molecular formula is C13H22N2O3. The number of ether oxygens (including phenoxy) is 1. The van der Waals surface area contributed by atoms with E-state index in [-0.39, 0.29) is 24.0 Å². The quantitative estimate of drug-likeness (QED) is 0.788. The van der Waals surface area contributed by atoms with E-state index >= 15 is 0 Å². The van der Waals surface area contributed by atoms with E-state index in [1.54, 1.807) is 0 Å². The second-order valence-corrected chi connectivity index (χ2v) is 5.41. The van der Waals surface area contributed by atoms with Crippen LogP contribution < -0.4 is 5.32 Å². The lowest BCUT2D eigenvalue weighted by atomic mass is 9.95. The summed E-state index contributed by atoms with van der Waals surface area (Å²) in [5.41, 5.74) is -0.768. The molecule has 2 heterocycles. The molecule has 0 spiro atoms. The molecule has 2 amide bonds. The highest BCUT2D eigenvalue weighted by Gasteiger charge is 2.43. The summed E-state index contributed by atoms with van der Waals surface area (Å²) in [6.45, 7) is 6.93. The molecule has 2 fully saturated rings. The van der Waals surface area contributed by atoms with Crippen LogP contribution in [0.25, 0.3) is 0 Å². The minimum atomic E-state index is -0.768. The normalized spacial score (nSPS) is 37.6. The molecule has 2 saturated heterocycles. The molecule has 3 unspecified atom stereocenters. The first-order valence-corrected chi connectivity index (χ1v) is 6.71. The second-order valence-electron chi connectivity index (χ2n) is 5.41. The van der Waals surface area contributed by atoms with E-state index in [4.69, 9.17) is 4.74 Å². The molecule has 0 aliphatic carbocycles. The number of carbonyl (C=O) groups excluding carboxylic acids is 2. The van der Waals surface area contributed by atoms with Crippen molar-refractivity contribution in [3.05, 3.63) is 0 Å². The average Bonchev–Trinajstić information content (AvgIpc) is 2.71. The van der Waals surface area contributed by atoms with Crippen molar-refractivity contribution in [3.8, 4) is 0 Å². The molecule has 3 atom stereocenters. The lowest BCUT2D eigenvalue weighted by molar-refractivity contribution is -0.141. The van der Waals surface area contributed by atoms with Gasteiger partial charge in [-0.15, -0.1) is 0 Å². The molecule has 0 saturated carbocycles. The largest absolute Gasteiger partial charge is 0.376 e. The van der Waals surface area contributed by atoms with Crippen molar-refractivity contribution >= 4 is 11.8 Å². The van der Waals surface area contributed by atoms with Crippen LogP contribution >= 0.6 is 0 Å². The molecule has 0 bridgehead atoms. The third-order valence-electron chi connectivity index (χ3n) is 4.17. The zero-order valence-corrected chi connectivity index (χ0v) is 11.4. The van der Waals surface area contributed by atoms with E-state index in [1.807, 2.05) is 25.7 Å². The number of rotatable bonds is 2. The molecule has 18 heavy (non-hydrogen) atoms. The topological polar surface area (TPSA) is 58.6 Å². The summed E-state index contributed by atoms with van der Waals surface area (Å²) < 4.78 is 5.54. The van der Waals surface area contributed by atoms with Gasteiger partial charge in [0.25, 0.3) is 0 Å². The summed E-state index contributed by atoms with van der Waals surface area (Å²) in [4.78, 5) is 26.2. The van der Waals surface area contributed by atoms with E-state index < -0.39 is 5.54 Å². The molecule has 5 nitrogen and oxygen atoms in total. The van der Waals surface area contributed by atoms with Crippen LogP contribution in [0, 0.1) is 0 Å². The molecule has 2 aliphatic rings. The third kappa shape index (κ3) is 2.23. The van der Waals surface area contributed by atoms with E-state index in [2.05, 4.69) is 5.32 Å². The Balaban J connectivity index is 2.24. The minimum absolute atomic E-state index is 0.0261. The Morgan fingerprint density at radius 1 is 1.50 bits per heavy atom. The number of amides is 2. The zero-order chi connectivity index (χ0) is 13.3. The number of hydrogen-bond donors (Lipinski definition) is 1. The van der Waals surface area contributed by atoms with Gasteiger partial charge in [0.05, 0.1) is 12.1 Å². The van der Waals surface area contributed by atoms with Crippen molar-refractivity contribution in [2.24, 2.45) is 0 Å². The van der Waals surface area contributed by atoms with Gasteiger partial charge in [-0.1, -0.05) is 6.92 Å². The number of nitrogens with zero attached hydrogens (tertiary/aromatic N) is 1. The van der Waals surface area contributed by atoms with Gasteiger partial charge >= 0.3 is 0 Å². The van der Waals surface area contributed by atoms with Crippen molar-refractivity contribution in [2.75, 3.05) is 13.2 Å². The zero-order valence-electron chi connectivity index (χ0n) is 11.4. The van der Waals surface area contributed by atoms with Gasteiger partial charge in [-0.3, -0.25) is 9.59 Å². The van der Waals surface area contributed by atoms with Gasteiger partial charge in [0, 0.05) is 19.6 Å². The Morgan fingerprint density at radius 3 is 2.78 bits per heavy atom. The predicted octanol–water partition coefficient (Wildman–Crippen LogP) is 0.681. The fourth-order valence-corrected chi connectivity index (χ4v) is 2.75. The van der Waals surface area contributed by atoms with Crippen LogP contribution in [0.3, 0.4) is 0 Å². The minimum Gasteiger partial charge on any atom is -0.376 e. The molecule has 1 N–H and O–H groups in total. The van der Waals surface area contributed by atoms with Crippen LogP contribution in [0.4, 0.5) is 0 Å². The van der Waals surface area contributed by atoms with E-state index in [9.17, 15) is 9.59 Å². The summed E-state index contributed by atoms with van der Waals surface area (Å²) >= 11 is 0. The van der Waals surface area contributed by atoms with Gasteiger partial charge in [0.2, 0.25) is 11.8 Å². The maximum Gasteiger partial charge on any atom is 0.248 e. The maximum atomic E-state index is 12.6. The number of carbonyl (C=O) groups is 2. The first-order valence-electron chi connectivity index (χ1n) is 6.71. The Hall–Kier alpha value is -1.10. The first kappa shape index (κ1) is 13.3. The third-order valence-corrected chi connectivity index (χ3v) is 4.17. The van der Waals surface area contributed by atoms with Gasteiger partial charge in [-0.05, 0) is 26.7 Å². The smallest absolute Gasteiger partial charge is 0.248 e. The van der Waals surface area contributed by atoms with Gasteiger partial charge in [0.1, 0.15) is 5.54 Å². The maximum absolute atomic E-state index is 12.6. The monoisotopic (exact) mass is 254 g/mol. The van der Waals surface area contributed by atoms with Gasteiger partial charge in [0.15, 0.2) is 0 Å². The lowest BCUT2D eigenvalue weighted by Gasteiger charge is -2.35. The van der Waals surface area contributed by atoms with Crippen molar-refractivity contribution in [3.63, 3.8) is 0 Å². The van der Waals surface area contributed by atoms with Crippen molar-refractivity contribution in [2.45, 2.75) is 57.7 Å². The Bertz CT molecular complexity index is 358. The molecular weight excluding hydrogens is 232 g/mol. The molecule has 0 aromatic heterocycles. The van der Waals surface area contributed by atoms with Crippen molar-refractivity contribution in [1.29, 1.82) is 0 Å². The molecule has 0 aromatic rings. The van der Waals surface area contributed by atoms with Crippen molar-refractivity contribution < 1.29 is 14.3 Å². The molecule has 2 rings (SSSR count). The van der Waals surface area contributed by atoms with Crippen LogP contribution in [0.1, 0.15) is 40.0 Å². The molecule has 0 aromatic carbocycles. The van der Waals surface area contributed by atoms with Crippen LogP contribution in [-0.2, 0) is 14.3 Å². The summed E-state index contributed by atoms with van der Waals surface area (Å²) in [5, 5.41) is 2.85. The highest BCUT2D eigenvalue weighted by atomic mass is 16.5. The van der Waals surface area contributed by atoms with Crippen LogP contribution in [-0.4, -0.2) is 47.6 Å². The van der Waals surface area contributed by atoms with Gasteiger partial charge < -0.3 is 15.0 Å². The summed E-state index contributed by atoms with van der Waals surface area (Å²) in [5.74, 6) is -0.0139. The fourth-order valence-electron chi connectivity index (χ4n) is 2.75. The summed E-state index contributed by atoms with van der Waals surface area (Å²) in [7, 11) is 0. The Morgan fingerprint density at radius 2 is 2.22 bits per heavy atom. The standard InChI is InChI=1S/C13H22N2O3/c1-4-13(3)12(17)15(7-5-11(16)14-13)10-6-8-18-9(10)2/h9-10H,4-8H2,1-3H3,(H,14,16). The predicted molar refractivity (Wildman–Crippen MR) is 67.0 cm³/mol. The fraction of sp³-hybridized carbons (Fsp3) is 0.846. The van der Waals surface area contributed by atoms with Crippen molar-refractivity contribution in [1.82, 2.24) is 10.2 Å². The first-order chi connectivity index (χ1) is 8.48. The van der Waals surface area contributed by atoms with Crippen LogP contribution in [0.5, 0.6) is 0 Å². The average molecular weight is 254 g/mol. The number of hydrogen-bond acceptors (Lipinski definition) is 3. The van der Waals surface area contributed by atoms with Crippen LogP contribution in [0.2, 0.25) is 0 Å². The molecule has 0 radical (unpaired) electrons. The molecule has 2 aliphatic heterocycles. The van der Waals surface area contributed by atoms with E-state index in [1.165, 1.54) is 0 Å². The summed E-state index contributed by atoms with van der Waals surface area (Å²) in [6, 6.07) is 0.107. The highest BCUT2D eigenvalue weighted by Crippen LogP contribution is 2.25. The Labute approximate surface area is 108 Å². The lowest BCUT2D eigenvalue weighted by Crippen LogP contribution is -2.57. The number of nitrogens with one attached hydrogen (secondary N) is 1. The Kier molecular flexibility index (Phi) is 3.61.